The molecule has 26 heavy (non-hydrogen) atoms. The molecule has 1 aromatic rings. The van der Waals surface area contributed by atoms with Crippen molar-refractivity contribution in [3.63, 3.8) is 0 Å². The van der Waals surface area contributed by atoms with Crippen LogP contribution in [0.4, 0.5) is 11.4 Å². The Balaban J connectivity index is 1.99. The van der Waals surface area contributed by atoms with Crippen LogP contribution in [-0.4, -0.2) is 55.1 Å². The number of rotatable bonds is 7. The van der Waals surface area contributed by atoms with Gasteiger partial charge in [-0.05, 0) is 32.4 Å². The second-order valence-corrected chi connectivity index (χ2v) is 6.02. The van der Waals surface area contributed by atoms with Gasteiger partial charge >= 0.3 is 5.97 Å². The molecule has 0 unspecified atom stereocenters. The fourth-order valence-electron chi connectivity index (χ4n) is 2.95. The number of ether oxygens (including phenoxy) is 2. The number of benzene rings is 1. The number of anilines is 1. The number of hydrogen-bond acceptors (Lipinski definition) is 7. The number of carbonyl (C=O) groups is 2. The van der Waals surface area contributed by atoms with Crippen LogP contribution in [0, 0.1) is 16.0 Å². The molecule has 0 aliphatic carbocycles. The molecule has 1 amide bonds. The van der Waals surface area contributed by atoms with Crippen LogP contribution >= 0.6 is 0 Å². The third-order valence-corrected chi connectivity index (χ3v) is 4.16. The molecule has 142 valence electrons. The second kappa shape index (κ2) is 9.14. The van der Waals surface area contributed by atoms with Crippen LogP contribution in [0.15, 0.2) is 18.2 Å². The van der Waals surface area contributed by atoms with Crippen molar-refractivity contribution in [2.45, 2.75) is 19.8 Å². The maximum Gasteiger partial charge on any atom is 0.310 e. The molecule has 1 atom stereocenters. The molecule has 9 nitrogen and oxygen atoms in total. The number of non-ortho nitro benzene ring substituents is 1. The minimum atomic E-state index is -0.538. The van der Waals surface area contributed by atoms with E-state index >= 15 is 0 Å². The van der Waals surface area contributed by atoms with Crippen molar-refractivity contribution < 1.29 is 24.0 Å². The minimum absolute atomic E-state index is 0.0851. The molecule has 9 heteroatoms. The molecule has 0 bridgehead atoms. The first-order chi connectivity index (χ1) is 12.4. The van der Waals surface area contributed by atoms with E-state index in [1.54, 1.807) is 6.92 Å². The molecule has 0 spiro atoms. The molecular formula is C17H23N3O6. The first-order valence-electron chi connectivity index (χ1n) is 8.45. The van der Waals surface area contributed by atoms with Gasteiger partial charge in [-0.2, -0.15) is 0 Å². The number of methoxy groups -OCH3 is 1. The quantitative estimate of drug-likeness (QED) is 0.446. The van der Waals surface area contributed by atoms with Gasteiger partial charge in [0.25, 0.3) is 5.69 Å². The number of nitro benzene ring substituents is 1. The molecule has 1 aliphatic heterocycles. The van der Waals surface area contributed by atoms with Crippen molar-refractivity contribution in [3.05, 3.63) is 28.3 Å². The highest BCUT2D eigenvalue weighted by atomic mass is 16.6. The molecule has 1 fully saturated rings. The summed E-state index contributed by atoms with van der Waals surface area (Å²) in [5.74, 6) is -0.456. The van der Waals surface area contributed by atoms with Crippen LogP contribution < -0.4 is 10.1 Å². The van der Waals surface area contributed by atoms with E-state index in [0.29, 0.717) is 25.4 Å². The summed E-state index contributed by atoms with van der Waals surface area (Å²) in [7, 11) is 1.42. The van der Waals surface area contributed by atoms with Gasteiger partial charge in [0, 0.05) is 18.7 Å². The second-order valence-electron chi connectivity index (χ2n) is 6.02. The van der Waals surface area contributed by atoms with Gasteiger partial charge in [-0.15, -0.1) is 0 Å². The Morgan fingerprint density at radius 2 is 2.19 bits per heavy atom. The van der Waals surface area contributed by atoms with Gasteiger partial charge in [0.1, 0.15) is 5.75 Å². The van der Waals surface area contributed by atoms with Gasteiger partial charge in [0.15, 0.2) is 0 Å². The standard InChI is InChI=1S/C17H23N3O6/c1-3-26-17(22)12-5-4-8-19(10-12)11-16(21)18-14-9-13(20(23)24)6-7-15(14)25-2/h6-7,9,12H,3-5,8,10-11H2,1-2H3,(H,18,21)/t12-/m0/s1. The number of hydrogen-bond donors (Lipinski definition) is 1. The van der Waals surface area contributed by atoms with Gasteiger partial charge in [0.2, 0.25) is 5.91 Å². The number of amides is 1. The Hall–Kier alpha value is -2.68. The highest BCUT2D eigenvalue weighted by Crippen LogP contribution is 2.29. The van der Waals surface area contributed by atoms with Crippen molar-refractivity contribution in [1.29, 1.82) is 0 Å². The molecule has 1 aliphatic rings. The number of likely N-dealkylation sites (tertiary alicyclic amines) is 1. The molecular weight excluding hydrogens is 342 g/mol. The molecule has 1 N–H and O–H groups in total. The van der Waals surface area contributed by atoms with E-state index in [9.17, 15) is 19.7 Å². The van der Waals surface area contributed by atoms with Crippen LogP contribution in [0.25, 0.3) is 0 Å². The zero-order chi connectivity index (χ0) is 19.1. The number of nitrogens with zero attached hydrogens (tertiary/aromatic N) is 2. The van der Waals surface area contributed by atoms with Gasteiger partial charge in [-0.1, -0.05) is 0 Å². The maximum absolute atomic E-state index is 12.3. The summed E-state index contributed by atoms with van der Waals surface area (Å²) in [5, 5.41) is 13.6. The lowest BCUT2D eigenvalue weighted by molar-refractivity contribution is -0.384. The van der Waals surface area contributed by atoms with E-state index in [1.165, 1.54) is 25.3 Å². The van der Waals surface area contributed by atoms with E-state index in [4.69, 9.17) is 9.47 Å². The fourth-order valence-corrected chi connectivity index (χ4v) is 2.95. The highest BCUT2D eigenvalue weighted by Gasteiger charge is 2.28. The molecule has 1 aromatic carbocycles. The first-order valence-corrected chi connectivity index (χ1v) is 8.45. The van der Waals surface area contributed by atoms with Crippen LogP contribution in [-0.2, 0) is 14.3 Å². The number of carbonyl (C=O) groups excluding carboxylic acids is 2. The molecule has 0 aromatic heterocycles. The van der Waals surface area contributed by atoms with Crippen LogP contribution in [0.3, 0.4) is 0 Å². The lowest BCUT2D eigenvalue weighted by atomic mass is 9.98. The van der Waals surface area contributed by atoms with Crippen molar-refractivity contribution >= 4 is 23.3 Å². The van der Waals surface area contributed by atoms with Gasteiger partial charge in [-0.3, -0.25) is 24.6 Å². The van der Waals surface area contributed by atoms with E-state index in [2.05, 4.69) is 5.32 Å². The first kappa shape index (κ1) is 19.6. The highest BCUT2D eigenvalue weighted by molar-refractivity contribution is 5.94. The zero-order valence-corrected chi connectivity index (χ0v) is 14.9. The van der Waals surface area contributed by atoms with Crippen LogP contribution in [0.5, 0.6) is 5.75 Å². The Bertz CT molecular complexity index is 678. The topological polar surface area (TPSA) is 111 Å². The van der Waals surface area contributed by atoms with E-state index < -0.39 is 4.92 Å². The summed E-state index contributed by atoms with van der Waals surface area (Å²) in [6, 6.07) is 4.00. The van der Waals surface area contributed by atoms with Crippen LogP contribution in [0.1, 0.15) is 19.8 Å². The van der Waals surface area contributed by atoms with Gasteiger partial charge in [-0.25, -0.2) is 0 Å². The lowest BCUT2D eigenvalue weighted by Gasteiger charge is -2.30. The lowest BCUT2D eigenvalue weighted by Crippen LogP contribution is -2.43. The maximum atomic E-state index is 12.3. The van der Waals surface area contributed by atoms with E-state index in [-0.39, 0.29) is 35.7 Å². The molecule has 1 saturated heterocycles. The number of nitrogens with one attached hydrogen (secondary N) is 1. The van der Waals surface area contributed by atoms with Gasteiger partial charge < -0.3 is 14.8 Å². The van der Waals surface area contributed by atoms with Crippen molar-refractivity contribution in [2.75, 3.05) is 38.7 Å². The molecule has 0 saturated carbocycles. The van der Waals surface area contributed by atoms with Crippen molar-refractivity contribution in [2.24, 2.45) is 5.92 Å². The normalized spacial score (nSPS) is 17.4. The predicted octanol–water partition coefficient (Wildman–Crippen LogP) is 1.82. The Kier molecular flexibility index (Phi) is 6.90. The molecule has 0 radical (unpaired) electrons. The molecule has 2 rings (SSSR count). The number of nitro groups is 1. The summed E-state index contributed by atoms with van der Waals surface area (Å²) >= 11 is 0. The summed E-state index contributed by atoms with van der Waals surface area (Å²) in [6.07, 6.45) is 1.55. The summed E-state index contributed by atoms with van der Waals surface area (Å²) < 4.78 is 10.2. The van der Waals surface area contributed by atoms with Crippen molar-refractivity contribution in [3.8, 4) is 5.75 Å². The number of piperidine rings is 1. The SMILES string of the molecule is CCOC(=O)[C@H]1CCCN(CC(=O)Nc2cc([N+](=O)[O-])ccc2OC)C1. The monoisotopic (exact) mass is 365 g/mol. The largest absolute Gasteiger partial charge is 0.495 e. The third kappa shape index (κ3) is 5.16. The smallest absolute Gasteiger partial charge is 0.310 e. The van der Waals surface area contributed by atoms with E-state index in [0.717, 1.165) is 12.8 Å². The Morgan fingerprint density at radius 3 is 2.85 bits per heavy atom. The molecule has 1 heterocycles. The Morgan fingerprint density at radius 1 is 1.42 bits per heavy atom. The average molecular weight is 365 g/mol. The van der Waals surface area contributed by atoms with Gasteiger partial charge in [0.05, 0.1) is 36.8 Å². The zero-order valence-electron chi connectivity index (χ0n) is 14.9. The summed E-state index contributed by atoms with van der Waals surface area (Å²) in [5.41, 5.74) is 0.104. The number of esters is 1. The minimum Gasteiger partial charge on any atom is -0.495 e. The summed E-state index contributed by atoms with van der Waals surface area (Å²) in [6.45, 7) is 3.34. The predicted molar refractivity (Wildman–Crippen MR) is 94.1 cm³/mol. The van der Waals surface area contributed by atoms with Crippen molar-refractivity contribution in [1.82, 2.24) is 4.90 Å². The Labute approximate surface area is 151 Å². The van der Waals surface area contributed by atoms with Crippen LogP contribution in [0.2, 0.25) is 0 Å². The van der Waals surface area contributed by atoms with E-state index in [1.807, 2.05) is 4.90 Å². The fraction of sp³-hybridized carbons (Fsp3) is 0.529. The summed E-state index contributed by atoms with van der Waals surface area (Å²) in [4.78, 5) is 36.5. The third-order valence-electron chi connectivity index (χ3n) is 4.16. The average Bonchev–Trinajstić information content (AvgIpc) is 2.62.